The Kier molecular flexibility index (Phi) is 6.09. The van der Waals surface area contributed by atoms with Crippen molar-refractivity contribution in [3.8, 4) is 0 Å². The maximum atomic E-state index is 11.6. The van der Waals surface area contributed by atoms with Crippen LogP contribution in [-0.2, 0) is 9.53 Å². The number of carbonyl (C=O) groups excluding carboxylic acids is 1. The molecule has 2 aliphatic rings. The zero-order valence-corrected chi connectivity index (χ0v) is 10.4. The maximum Gasteiger partial charge on any atom is 0.222 e. The summed E-state index contributed by atoms with van der Waals surface area (Å²) in [6.45, 7) is 2.76. The van der Waals surface area contributed by atoms with E-state index in [1.165, 1.54) is 6.42 Å². The van der Waals surface area contributed by atoms with Crippen LogP contribution in [0.1, 0.15) is 32.1 Å². The summed E-state index contributed by atoms with van der Waals surface area (Å²) in [6.07, 6.45) is 5.13. The Morgan fingerprint density at radius 1 is 1.38 bits per heavy atom. The molecule has 2 unspecified atom stereocenters. The van der Waals surface area contributed by atoms with Gasteiger partial charge in [0.25, 0.3) is 0 Å². The number of amides is 1. The minimum atomic E-state index is 0. The van der Waals surface area contributed by atoms with Crippen molar-refractivity contribution in [3.05, 3.63) is 0 Å². The lowest BCUT2D eigenvalue weighted by atomic mass is 10.1. The molecule has 2 atom stereocenters. The van der Waals surface area contributed by atoms with E-state index >= 15 is 0 Å². The molecule has 2 aliphatic heterocycles. The first kappa shape index (κ1) is 13.7. The Hall–Kier alpha value is -0.320. The van der Waals surface area contributed by atoms with Crippen molar-refractivity contribution in [2.45, 2.75) is 44.2 Å². The van der Waals surface area contributed by atoms with E-state index in [1.54, 1.807) is 0 Å². The SMILES string of the molecule is Cl.O=C(CC1CCCCO1)NC1CCNC1. The Morgan fingerprint density at radius 3 is 2.88 bits per heavy atom. The van der Waals surface area contributed by atoms with E-state index in [4.69, 9.17) is 4.74 Å². The number of hydrogen-bond acceptors (Lipinski definition) is 3. The van der Waals surface area contributed by atoms with Crippen molar-refractivity contribution in [1.29, 1.82) is 0 Å². The van der Waals surface area contributed by atoms with Crippen LogP contribution in [-0.4, -0.2) is 37.7 Å². The highest BCUT2D eigenvalue weighted by Gasteiger charge is 2.21. The number of halogens is 1. The van der Waals surface area contributed by atoms with Crippen LogP contribution in [0.2, 0.25) is 0 Å². The van der Waals surface area contributed by atoms with E-state index in [1.807, 2.05) is 0 Å². The van der Waals surface area contributed by atoms with Crippen molar-refractivity contribution >= 4 is 18.3 Å². The third-order valence-corrected chi connectivity index (χ3v) is 3.11. The lowest BCUT2D eigenvalue weighted by Crippen LogP contribution is -2.38. The van der Waals surface area contributed by atoms with E-state index in [9.17, 15) is 4.79 Å². The molecule has 0 aromatic rings. The van der Waals surface area contributed by atoms with Crippen LogP contribution in [0.3, 0.4) is 0 Å². The van der Waals surface area contributed by atoms with Crippen molar-refractivity contribution < 1.29 is 9.53 Å². The highest BCUT2D eigenvalue weighted by atomic mass is 35.5. The van der Waals surface area contributed by atoms with Gasteiger partial charge in [-0.1, -0.05) is 0 Å². The lowest BCUT2D eigenvalue weighted by Gasteiger charge is -2.22. The van der Waals surface area contributed by atoms with E-state index < -0.39 is 0 Å². The number of hydrogen-bond donors (Lipinski definition) is 2. The summed E-state index contributed by atoms with van der Waals surface area (Å²) < 4.78 is 5.54. The molecule has 0 radical (unpaired) electrons. The van der Waals surface area contributed by atoms with Crippen LogP contribution in [0, 0.1) is 0 Å². The summed E-state index contributed by atoms with van der Waals surface area (Å²) in [5.41, 5.74) is 0. The van der Waals surface area contributed by atoms with Gasteiger partial charge in [-0.2, -0.15) is 0 Å². The molecule has 2 N–H and O–H groups in total. The van der Waals surface area contributed by atoms with Gasteiger partial charge in [0, 0.05) is 19.2 Å². The minimum absolute atomic E-state index is 0. The summed E-state index contributed by atoms with van der Waals surface area (Å²) in [7, 11) is 0. The van der Waals surface area contributed by atoms with E-state index in [0.29, 0.717) is 12.5 Å². The van der Waals surface area contributed by atoms with Crippen LogP contribution >= 0.6 is 12.4 Å². The summed E-state index contributed by atoms with van der Waals surface area (Å²) in [6, 6.07) is 0.334. The van der Waals surface area contributed by atoms with Gasteiger partial charge in [0.15, 0.2) is 0 Å². The average Bonchev–Trinajstić information content (AvgIpc) is 2.71. The molecule has 0 aromatic heterocycles. The molecule has 1 amide bonds. The zero-order valence-electron chi connectivity index (χ0n) is 9.54. The van der Waals surface area contributed by atoms with Gasteiger partial charge in [-0.3, -0.25) is 4.79 Å². The van der Waals surface area contributed by atoms with Gasteiger partial charge in [-0.05, 0) is 32.2 Å². The fraction of sp³-hybridized carbons (Fsp3) is 0.909. The molecule has 2 saturated heterocycles. The first-order chi connectivity index (χ1) is 7.34. The molecule has 2 fully saturated rings. The van der Waals surface area contributed by atoms with Crippen LogP contribution in [0.4, 0.5) is 0 Å². The van der Waals surface area contributed by atoms with E-state index in [2.05, 4.69) is 10.6 Å². The predicted molar refractivity (Wildman–Crippen MR) is 64.9 cm³/mol. The normalized spacial score (nSPS) is 29.5. The molecule has 94 valence electrons. The summed E-state index contributed by atoms with van der Waals surface area (Å²) in [4.78, 5) is 11.6. The predicted octanol–water partition coefficient (Wildman–Crippen LogP) is 0.845. The number of nitrogens with one attached hydrogen (secondary N) is 2. The molecular formula is C11H21ClN2O2. The van der Waals surface area contributed by atoms with Crippen molar-refractivity contribution in [1.82, 2.24) is 10.6 Å². The molecule has 0 aliphatic carbocycles. The minimum Gasteiger partial charge on any atom is -0.378 e. The highest BCUT2D eigenvalue weighted by molar-refractivity contribution is 5.85. The molecule has 0 saturated carbocycles. The quantitative estimate of drug-likeness (QED) is 0.779. The van der Waals surface area contributed by atoms with Gasteiger partial charge >= 0.3 is 0 Å². The van der Waals surface area contributed by atoms with Crippen molar-refractivity contribution in [2.24, 2.45) is 0 Å². The second-order valence-corrected chi connectivity index (χ2v) is 4.45. The second kappa shape index (κ2) is 7.09. The Morgan fingerprint density at radius 2 is 2.25 bits per heavy atom. The molecule has 2 rings (SSSR count). The smallest absolute Gasteiger partial charge is 0.222 e. The van der Waals surface area contributed by atoms with Gasteiger partial charge in [0.1, 0.15) is 0 Å². The third-order valence-electron chi connectivity index (χ3n) is 3.11. The van der Waals surface area contributed by atoms with Crippen molar-refractivity contribution in [2.75, 3.05) is 19.7 Å². The Balaban J connectivity index is 0.00000128. The first-order valence-electron chi connectivity index (χ1n) is 5.96. The Labute approximate surface area is 103 Å². The van der Waals surface area contributed by atoms with E-state index in [-0.39, 0.29) is 24.4 Å². The van der Waals surface area contributed by atoms with Gasteiger partial charge in [-0.25, -0.2) is 0 Å². The van der Waals surface area contributed by atoms with Crippen LogP contribution < -0.4 is 10.6 Å². The molecule has 2 heterocycles. The van der Waals surface area contributed by atoms with E-state index in [0.717, 1.165) is 39.0 Å². The third kappa shape index (κ3) is 4.28. The zero-order chi connectivity index (χ0) is 10.5. The summed E-state index contributed by atoms with van der Waals surface area (Å²) >= 11 is 0. The molecule has 16 heavy (non-hydrogen) atoms. The molecule has 0 spiro atoms. The molecular weight excluding hydrogens is 228 g/mol. The lowest BCUT2D eigenvalue weighted by molar-refractivity contribution is -0.125. The Bertz CT molecular complexity index is 214. The summed E-state index contributed by atoms with van der Waals surface area (Å²) in [5, 5.41) is 6.28. The largest absolute Gasteiger partial charge is 0.378 e. The monoisotopic (exact) mass is 248 g/mol. The van der Waals surface area contributed by atoms with Gasteiger partial charge in [0.2, 0.25) is 5.91 Å². The molecule has 0 aromatic carbocycles. The maximum absolute atomic E-state index is 11.6. The van der Waals surface area contributed by atoms with Gasteiger partial charge < -0.3 is 15.4 Å². The number of carbonyl (C=O) groups is 1. The fourth-order valence-electron chi connectivity index (χ4n) is 2.24. The first-order valence-corrected chi connectivity index (χ1v) is 5.96. The van der Waals surface area contributed by atoms with Gasteiger partial charge in [-0.15, -0.1) is 12.4 Å². The van der Waals surface area contributed by atoms with Crippen LogP contribution in [0.15, 0.2) is 0 Å². The highest BCUT2D eigenvalue weighted by Crippen LogP contribution is 2.15. The molecule has 5 heteroatoms. The average molecular weight is 249 g/mol. The van der Waals surface area contributed by atoms with Crippen molar-refractivity contribution in [3.63, 3.8) is 0 Å². The second-order valence-electron chi connectivity index (χ2n) is 4.45. The summed E-state index contributed by atoms with van der Waals surface area (Å²) in [5.74, 6) is 0.149. The number of rotatable bonds is 3. The molecule has 0 bridgehead atoms. The molecule has 4 nitrogen and oxygen atoms in total. The number of ether oxygens (including phenoxy) is 1. The standard InChI is InChI=1S/C11H20N2O2.ClH/c14-11(13-9-4-5-12-8-9)7-10-3-1-2-6-15-10;/h9-10,12H,1-8H2,(H,13,14);1H. The van der Waals surface area contributed by atoms with Crippen LogP contribution in [0.5, 0.6) is 0 Å². The van der Waals surface area contributed by atoms with Gasteiger partial charge in [0.05, 0.1) is 12.5 Å². The van der Waals surface area contributed by atoms with Crippen LogP contribution in [0.25, 0.3) is 0 Å². The topological polar surface area (TPSA) is 50.4 Å². The fourth-order valence-corrected chi connectivity index (χ4v) is 2.24.